The third-order valence-corrected chi connectivity index (χ3v) is 6.15. The van der Waals surface area contributed by atoms with E-state index in [2.05, 4.69) is 0 Å². The minimum absolute atomic E-state index is 0.0228. The van der Waals surface area contributed by atoms with Gasteiger partial charge in [0.1, 0.15) is 11.3 Å². The fraction of sp³-hybridized carbons (Fsp3) is 0.353. The predicted octanol–water partition coefficient (Wildman–Crippen LogP) is 1.55. The van der Waals surface area contributed by atoms with Crippen molar-refractivity contribution in [1.82, 2.24) is 4.31 Å². The lowest BCUT2D eigenvalue weighted by Gasteiger charge is -2.18. The molecule has 2 N–H and O–H groups in total. The number of aromatic carboxylic acids is 1. The van der Waals surface area contributed by atoms with Gasteiger partial charge in [-0.25, -0.2) is 13.2 Å². The second kappa shape index (κ2) is 7.10. The van der Waals surface area contributed by atoms with Gasteiger partial charge in [-0.1, -0.05) is 12.1 Å². The molecular formula is C17H19NO7S. The molecule has 0 saturated carbocycles. The van der Waals surface area contributed by atoms with Crippen LogP contribution in [0.2, 0.25) is 0 Å². The van der Waals surface area contributed by atoms with Crippen LogP contribution in [0.3, 0.4) is 0 Å². The van der Waals surface area contributed by atoms with Gasteiger partial charge in [0.05, 0.1) is 31.5 Å². The van der Waals surface area contributed by atoms with Crippen molar-refractivity contribution in [2.45, 2.75) is 18.3 Å². The van der Waals surface area contributed by atoms with Crippen LogP contribution in [0, 0.1) is 0 Å². The molecule has 1 aromatic carbocycles. The number of sulfonamides is 1. The quantitative estimate of drug-likeness (QED) is 0.779. The molecule has 1 unspecified atom stereocenters. The minimum atomic E-state index is -3.76. The number of hydrogen-bond acceptors (Lipinski definition) is 6. The summed E-state index contributed by atoms with van der Waals surface area (Å²) in [6.07, 6.45) is 2.58. The SMILES string of the molecule is COc1c(-c2ccoc2)ccc(CS(=O)(=O)N2CCC(O)C2)c1C(=O)O. The molecule has 0 aliphatic carbocycles. The first-order valence-corrected chi connectivity index (χ1v) is 9.56. The van der Waals surface area contributed by atoms with Crippen LogP contribution < -0.4 is 4.74 Å². The summed E-state index contributed by atoms with van der Waals surface area (Å²) in [6.45, 7) is 0.241. The molecule has 8 nitrogen and oxygen atoms in total. The number of aliphatic hydroxyl groups is 1. The third kappa shape index (κ3) is 3.46. The molecule has 1 aliphatic rings. The summed E-state index contributed by atoms with van der Waals surface area (Å²) in [7, 11) is -2.42. The summed E-state index contributed by atoms with van der Waals surface area (Å²) in [4.78, 5) is 11.8. The normalized spacial score (nSPS) is 18.2. The van der Waals surface area contributed by atoms with Crippen LogP contribution in [-0.4, -0.2) is 55.2 Å². The molecule has 1 aromatic heterocycles. The Morgan fingerprint density at radius 1 is 1.38 bits per heavy atom. The van der Waals surface area contributed by atoms with Gasteiger partial charge >= 0.3 is 5.97 Å². The molecule has 3 rings (SSSR count). The first kappa shape index (κ1) is 18.4. The van der Waals surface area contributed by atoms with Gasteiger partial charge in [0.2, 0.25) is 10.0 Å². The topological polar surface area (TPSA) is 117 Å². The number of furan rings is 1. The van der Waals surface area contributed by atoms with Gasteiger partial charge in [-0.3, -0.25) is 0 Å². The van der Waals surface area contributed by atoms with Crippen LogP contribution in [-0.2, 0) is 15.8 Å². The van der Waals surface area contributed by atoms with E-state index in [-0.39, 0.29) is 30.0 Å². The average molecular weight is 381 g/mol. The molecule has 140 valence electrons. The molecule has 1 saturated heterocycles. The first-order chi connectivity index (χ1) is 12.3. The maximum atomic E-state index is 12.6. The van der Waals surface area contributed by atoms with Crippen molar-refractivity contribution in [3.8, 4) is 16.9 Å². The summed E-state index contributed by atoms with van der Waals surface area (Å²) < 4.78 is 36.7. The Hall–Kier alpha value is -2.36. The summed E-state index contributed by atoms with van der Waals surface area (Å²) in [5, 5.41) is 19.2. The molecule has 1 fully saturated rings. The average Bonchev–Trinajstić information content (AvgIpc) is 3.25. The molecule has 1 aliphatic heterocycles. The third-order valence-electron chi connectivity index (χ3n) is 4.35. The second-order valence-corrected chi connectivity index (χ2v) is 8.02. The van der Waals surface area contributed by atoms with Crippen molar-refractivity contribution in [3.05, 3.63) is 41.9 Å². The van der Waals surface area contributed by atoms with Crippen LogP contribution in [0.1, 0.15) is 22.3 Å². The molecule has 2 heterocycles. The lowest BCUT2D eigenvalue weighted by atomic mass is 9.99. The molecule has 9 heteroatoms. The Balaban J connectivity index is 2.04. The molecule has 2 aromatic rings. The van der Waals surface area contributed by atoms with E-state index in [0.29, 0.717) is 17.5 Å². The van der Waals surface area contributed by atoms with Gasteiger partial charge in [0, 0.05) is 24.2 Å². The Bertz CT molecular complexity index is 905. The standard InChI is InChI=1S/C17H19NO7S/c1-24-16-14(11-5-7-25-9-11)3-2-12(15(16)17(20)21)10-26(22,23)18-6-4-13(19)8-18/h2-3,5,7,9,13,19H,4,6,8,10H2,1H3,(H,20,21). The smallest absolute Gasteiger partial charge is 0.339 e. The lowest BCUT2D eigenvalue weighted by Crippen LogP contribution is -2.31. The van der Waals surface area contributed by atoms with E-state index >= 15 is 0 Å². The zero-order valence-electron chi connectivity index (χ0n) is 14.1. The van der Waals surface area contributed by atoms with E-state index in [1.54, 1.807) is 12.1 Å². The molecule has 0 radical (unpaired) electrons. The maximum absolute atomic E-state index is 12.6. The molecule has 0 amide bonds. The van der Waals surface area contributed by atoms with Crippen molar-refractivity contribution in [3.63, 3.8) is 0 Å². The van der Waals surface area contributed by atoms with Crippen LogP contribution >= 0.6 is 0 Å². The van der Waals surface area contributed by atoms with Gasteiger partial charge in [-0.05, 0) is 18.1 Å². The number of aliphatic hydroxyl groups excluding tert-OH is 1. The zero-order valence-corrected chi connectivity index (χ0v) is 14.9. The van der Waals surface area contributed by atoms with E-state index < -0.39 is 27.8 Å². The monoisotopic (exact) mass is 381 g/mol. The molecule has 0 bridgehead atoms. The minimum Gasteiger partial charge on any atom is -0.495 e. The van der Waals surface area contributed by atoms with Crippen molar-refractivity contribution in [1.29, 1.82) is 0 Å². The Kier molecular flexibility index (Phi) is 5.03. The van der Waals surface area contributed by atoms with E-state index in [1.165, 1.54) is 30.0 Å². The highest BCUT2D eigenvalue weighted by Gasteiger charge is 2.32. The number of rotatable bonds is 6. The zero-order chi connectivity index (χ0) is 18.9. The number of β-amino-alcohol motifs (C(OH)–C–C–N with tert-alkyl or cyclic N) is 1. The summed E-state index contributed by atoms with van der Waals surface area (Å²) in [5.41, 5.74) is 1.05. The van der Waals surface area contributed by atoms with Crippen molar-refractivity contribution in [2.24, 2.45) is 0 Å². The van der Waals surface area contributed by atoms with Crippen LogP contribution in [0.25, 0.3) is 11.1 Å². The fourth-order valence-corrected chi connectivity index (χ4v) is 4.69. The number of methoxy groups -OCH3 is 1. The highest BCUT2D eigenvalue weighted by atomic mass is 32.2. The van der Waals surface area contributed by atoms with Crippen molar-refractivity contribution in [2.75, 3.05) is 20.2 Å². The van der Waals surface area contributed by atoms with Crippen LogP contribution in [0.4, 0.5) is 0 Å². The van der Waals surface area contributed by atoms with Gasteiger partial charge in [0.15, 0.2) is 0 Å². The number of carbonyl (C=O) groups is 1. The van der Waals surface area contributed by atoms with E-state index in [0.717, 1.165) is 0 Å². The fourth-order valence-electron chi connectivity index (χ4n) is 3.09. The summed E-state index contributed by atoms with van der Waals surface area (Å²) in [5.74, 6) is -1.68. The number of ether oxygens (including phenoxy) is 1. The number of nitrogens with zero attached hydrogens (tertiary/aromatic N) is 1. The molecule has 1 atom stereocenters. The van der Waals surface area contributed by atoms with E-state index in [1.807, 2.05) is 0 Å². The molecule has 0 spiro atoms. The number of benzene rings is 1. The largest absolute Gasteiger partial charge is 0.495 e. The van der Waals surface area contributed by atoms with Crippen LogP contribution in [0.5, 0.6) is 5.75 Å². The summed E-state index contributed by atoms with van der Waals surface area (Å²) >= 11 is 0. The van der Waals surface area contributed by atoms with E-state index in [4.69, 9.17) is 9.15 Å². The number of carboxylic acid groups (broad SMARTS) is 1. The predicted molar refractivity (Wildman–Crippen MR) is 92.5 cm³/mol. The number of carboxylic acids is 1. The van der Waals surface area contributed by atoms with Gasteiger partial charge in [0.25, 0.3) is 0 Å². The molecule has 26 heavy (non-hydrogen) atoms. The Morgan fingerprint density at radius 2 is 2.15 bits per heavy atom. The highest BCUT2D eigenvalue weighted by Crippen LogP contribution is 2.36. The van der Waals surface area contributed by atoms with Gasteiger partial charge in [-0.15, -0.1) is 0 Å². The van der Waals surface area contributed by atoms with Crippen LogP contribution in [0.15, 0.2) is 35.1 Å². The Morgan fingerprint density at radius 3 is 2.69 bits per heavy atom. The number of hydrogen-bond donors (Lipinski definition) is 2. The van der Waals surface area contributed by atoms with Gasteiger partial charge < -0.3 is 19.4 Å². The van der Waals surface area contributed by atoms with Gasteiger partial charge in [-0.2, -0.15) is 4.31 Å². The molecular weight excluding hydrogens is 362 g/mol. The maximum Gasteiger partial charge on any atom is 0.339 e. The van der Waals surface area contributed by atoms with E-state index in [9.17, 15) is 23.4 Å². The second-order valence-electron chi connectivity index (χ2n) is 6.05. The van der Waals surface area contributed by atoms with Crippen molar-refractivity contribution >= 4 is 16.0 Å². The van der Waals surface area contributed by atoms with Crippen molar-refractivity contribution < 1.29 is 32.6 Å². The first-order valence-electron chi connectivity index (χ1n) is 7.95. The lowest BCUT2D eigenvalue weighted by molar-refractivity contribution is 0.0692. The highest BCUT2D eigenvalue weighted by molar-refractivity contribution is 7.88. The Labute approximate surface area is 150 Å². The summed E-state index contributed by atoms with van der Waals surface area (Å²) in [6, 6.07) is 4.74.